The largest absolute Gasteiger partial charge is 0.416 e. The Bertz CT molecular complexity index is 1250. The van der Waals surface area contributed by atoms with E-state index in [0.717, 1.165) is 24.3 Å². The van der Waals surface area contributed by atoms with Crippen molar-refractivity contribution in [3.63, 3.8) is 0 Å². The van der Waals surface area contributed by atoms with Gasteiger partial charge in [-0.15, -0.1) is 0 Å². The molecule has 0 saturated heterocycles. The first-order chi connectivity index (χ1) is 16.4. The van der Waals surface area contributed by atoms with Crippen molar-refractivity contribution in [2.75, 3.05) is 0 Å². The molecule has 3 rings (SSSR count). The third-order valence-electron chi connectivity index (χ3n) is 5.66. The summed E-state index contributed by atoms with van der Waals surface area (Å²) in [7, 11) is 0. The smallest absolute Gasteiger partial charge is 0.289 e. The second-order valence-electron chi connectivity index (χ2n) is 9.88. The van der Waals surface area contributed by atoms with Gasteiger partial charge in [-0.05, 0) is 90.6 Å². The molecular weight excluding hydrogens is 482 g/mol. The van der Waals surface area contributed by atoms with Crippen molar-refractivity contribution in [2.24, 2.45) is 0 Å². The molecule has 0 aromatic heterocycles. The molecule has 190 valence electrons. The van der Waals surface area contributed by atoms with Gasteiger partial charge in [0.05, 0.1) is 11.1 Å². The number of benzene rings is 3. The van der Waals surface area contributed by atoms with E-state index in [1.807, 2.05) is 20.8 Å². The first-order valence-electron chi connectivity index (χ1n) is 11.0. The Morgan fingerprint density at radius 1 is 0.500 bits per heavy atom. The number of alkyl halides is 6. The van der Waals surface area contributed by atoms with Crippen LogP contribution in [0.4, 0.5) is 26.3 Å². The summed E-state index contributed by atoms with van der Waals surface area (Å²) >= 11 is 0. The summed E-state index contributed by atoms with van der Waals surface area (Å²) in [6, 6.07) is 10.2. The van der Waals surface area contributed by atoms with E-state index in [-0.39, 0.29) is 33.4 Å². The third kappa shape index (κ3) is 6.04. The van der Waals surface area contributed by atoms with Crippen molar-refractivity contribution in [2.45, 2.75) is 52.4 Å². The van der Waals surface area contributed by atoms with Gasteiger partial charge in [-0.2, -0.15) is 26.3 Å². The van der Waals surface area contributed by atoms with Gasteiger partial charge >= 0.3 is 12.4 Å². The molecule has 3 aromatic carbocycles. The van der Waals surface area contributed by atoms with Crippen LogP contribution in [0.3, 0.4) is 0 Å². The quantitative estimate of drug-likeness (QED) is 0.265. The molecule has 0 aliphatic carbocycles. The third-order valence-corrected chi connectivity index (χ3v) is 5.66. The number of ketones is 2. The van der Waals surface area contributed by atoms with Gasteiger partial charge in [0.1, 0.15) is 0 Å². The Morgan fingerprint density at radius 2 is 0.806 bits per heavy atom. The molecule has 36 heavy (non-hydrogen) atoms. The lowest BCUT2D eigenvalue weighted by atomic mass is 9.83. The van der Waals surface area contributed by atoms with Crippen molar-refractivity contribution in [3.8, 4) is 0 Å². The SMILES string of the molecule is Cc1cc(C(=O)c2cc(C(=O)c3cc(C)cc(C(F)(F)F)c3)cc(C(C)(C)C)c2)cc(C(F)(F)F)c1. The highest BCUT2D eigenvalue weighted by atomic mass is 19.4. The lowest BCUT2D eigenvalue weighted by molar-refractivity contribution is -0.138. The van der Waals surface area contributed by atoms with E-state index in [2.05, 4.69) is 0 Å². The molecule has 0 amide bonds. The van der Waals surface area contributed by atoms with Gasteiger partial charge in [0, 0.05) is 22.3 Å². The van der Waals surface area contributed by atoms with E-state index in [1.165, 1.54) is 44.2 Å². The van der Waals surface area contributed by atoms with Crippen LogP contribution in [0.1, 0.15) is 80.4 Å². The van der Waals surface area contributed by atoms with Gasteiger partial charge in [-0.3, -0.25) is 9.59 Å². The van der Waals surface area contributed by atoms with Crippen molar-refractivity contribution in [1.82, 2.24) is 0 Å². The van der Waals surface area contributed by atoms with E-state index in [0.29, 0.717) is 5.56 Å². The van der Waals surface area contributed by atoms with Gasteiger partial charge in [0.25, 0.3) is 0 Å². The molecule has 3 aromatic rings. The maximum atomic E-state index is 13.3. The lowest BCUT2D eigenvalue weighted by Crippen LogP contribution is -2.16. The predicted molar refractivity (Wildman–Crippen MR) is 124 cm³/mol. The summed E-state index contributed by atoms with van der Waals surface area (Å²) in [6.07, 6.45) is -9.31. The fourth-order valence-electron chi connectivity index (χ4n) is 3.81. The van der Waals surface area contributed by atoms with Gasteiger partial charge in [-0.1, -0.05) is 20.8 Å². The van der Waals surface area contributed by atoms with Crippen LogP contribution in [-0.4, -0.2) is 11.6 Å². The lowest BCUT2D eigenvalue weighted by Gasteiger charge is -2.21. The van der Waals surface area contributed by atoms with Gasteiger partial charge < -0.3 is 0 Å². The number of carbonyl (C=O) groups excluding carboxylic acids is 2. The molecule has 0 aliphatic rings. The molecule has 2 nitrogen and oxygen atoms in total. The molecule has 8 heteroatoms. The highest BCUT2D eigenvalue weighted by Gasteiger charge is 2.33. The van der Waals surface area contributed by atoms with Crippen molar-refractivity contribution < 1.29 is 35.9 Å². The summed E-state index contributed by atoms with van der Waals surface area (Å²) in [5, 5.41) is 0. The predicted octanol–water partition coefficient (Wildman–Crippen LogP) is 8.10. The zero-order chi connectivity index (χ0) is 27.2. The average molecular weight is 506 g/mol. The molecular formula is C28H24F6O2. The minimum absolute atomic E-state index is 0.0341. The monoisotopic (exact) mass is 506 g/mol. The van der Waals surface area contributed by atoms with Crippen LogP contribution in [0.5, 0.6) is 0 Å². The van der Waals surface area contributed by atoms with Gasteiger partial charge in [-0.25, -0.2) is 0 Å². The minimum atomic E-state index is -4.66. The fraction of sp³-hybridized carbons (Fsp3) is 0.286. The fourth-order valence-corrected chi connectivity index (χ4v) is 3.81. The molecule has 0 saturated carbocycles. The molecule has 0 atom stereocenters. The summed E-state index contributed by atoms with van der Waals surface area (Å²) in [4.78, 5) is 26.6. The maximum Gasteiger partial charge on any atom is 0.416 e. The normalized spacial score (nSPS) is 12.5. The number of aryl methyl sites for hydroxylation is 2. The number of hydrogen-bond acceptors (Lipinski definition) is 2. The van der Waals surface area contributed by atoms with Crippen LogP contribution in [0.2, 0.25) is 0 Å². The summed E-state index contributed by atoms with van der Waals surface area (Å²) in [6.45, 7) is 8.31. The molecule has 0 spiro atoms. The number of carbonyl (C=O) groups is 2. The van der Waals surface area contributed by atoms with Crippen LogP contribution < -0.4 is 0 Å². The van der Waals surface area contributed by atoms with Crippen LogP contribution >= 0.6 is 0 Å². The molecule has 0 N–H and O–H groups in total. The van der Waals surface area contributed by atoms with Crippen LogP contribution in [0.15, 0.2) is 54.6 Å². The molecule has 0 unspecified atom stereocenters. The Kier molecular flexibility index (Phi) is 6.96. The van der Waals surface area contributed by atoms with Crippen molar-refractivity contribution >= 4 is 11.6 Å². The standard InChI is InChI=1S/C28H24F6O2/c1-15-6-17(13-22(8-15)27(29,30)31)24(35)19-10-20(12-21(11-19)26(3,4)5)25(36)18-7-16(2)9-23(14-18)28(32,33)34/h6-14H,1-5H3. The summed E-state index contributed by atoms with van der Waals surface area (Å²) in [5.74, 6) is -1.46. The number of rotatable bonds is 4. The minimum Gasteiger partial charge on any atom is -0.289 e. The molecule has 0 bridgehead atoms. The van der Waals surface area contributed by atoms with E-state index in [4.69, 9.17) is 0 Å². The van der Waals surface area contributed by atoms with Gasteiger partial charge in [0.2, 0.25) is 0 Å². The second-order valence-corrected chi connectivity index (χ2v) is 9.88. The maximum absolute atomic E-state index is 13.3. The number of hydrogen-bond donors (Lipinski definition) is 0. The highest BCUT2D eigenvalue weighted by molar-refractivity contribution is 6.13. The Morgan fingerprint density at radius 3 is 1.11 bits per heavy atom. The van der Waals surface area contributed by atoms with Gasteiger partial charge in [0.15, 0.2) is 11.6 Å². The zero-order valence-electron chi connectivity index (χ0n) is 20.3. The second kappa shape index (κ2) is 9.22. The Balaban J connectivity index is 2.17. The van der Waals surface area contributed by atoms with Crippen LogP contribution in [0, 0.1) is 13.8 Å². The van der Waals surface area contributed by atoms with Crippen molar-refractivity contribution in [1.29, 1.82) is 0 Å². The van der Waals surface area contributed by atoms with E-state index in [9.17, 15) is 35.9 Å². The number of halogens is 6. The Hall–Kier alpha value is -3.42. The Labute approximate surface area is 205 Å². The first kappa shape index (κ1) is 27.2. The highest BCUT2D eigenvalue weighted by Crippen LogP contribution is 2.33. The molecule has 0 aliphatic heterocycles. The average Bonchev–Trinajstić information content (AvgIpc) is 2.75. The van der Waals surface area contributed by atoms with E-state index >= 15 is 0 Å². The molecule has 0 fully saturated rings. The van der Waals surface area contributed by atoms with Crippen LogP contribution in [-0.2, 0) is 17.8 Å². The summed E-state index contributed by atoms with van der Waals surface area (Å²) < 4.78 is 79.8. The first-order valence-corrected chi connectivity index (χ1v) is 11.0. The van der Waals surface area contributed by atoms with Crippen molar-refractivity contribution in [3.05, 3.63) is 105 Å². The topological polar surface area (TPSA) is 34.1 Å². The van der Waals surface area contributed by atoms with Crippen LogP contribution in [0.25, 0.3) is 0 Å². The summed E-state index contributed by atoms with van der Waals surface area (Å²) in [5.41, 5.74) is -2.01. The zero-order valence-corrected chi connectivity index (χ0v) is 20.3. The molecule has 0 radical (unpaired) electrons. The molecule has 0 heterocycles. The van der Waals surface area contributed by atoms with E-state index in [1.54, 1.807) is 0 Å². The van der Waals surface area contributed by atoms with E-state index < -0.39 is 40.5 Å².